The fraction of sp³-hybridized carbons (Fsp3) is 0.667. The Balaban J connectivity index is 2.50. The normalized spacial score (nSPS) is 16.9. The summed E-state index contributed by atoms with van der Waals surface area (Å²) in [7, 11) is 1.57. The van der Waals surface area contributed by atoms with Crippen LogP contribution in [-0.2, 0) is 14.3 Å². The lowest BCUT2D eigenvalue weighted by Crippen LogP contribution is -2.54. The molecule has 90 valence electrons. The quantitative estimate of drug-likeness (QED) is 0.548. The van der Waals surface area contributed by atoms with Crippen molar-refractivity contribution in [1.29, 1.82) is 0 Å². The number of piperazine rings is 1. The van der Waals surface area contributed by atoms with Gasteiger partial charge in [-0.15, -0.1) is 0 Å². The van der Waals surface area contributed by atoms with Gasteiger partial charge in [0.1, 0.15) is 13.1 Å². The Hall–Kier alpha value is -1.08. The zero-order valence-electron chi connectivity index (χ0n) is 9.01. The molecule has 0 aromatic rings. The maximum absolute atomic E-state index is 11.6. The van der Waals surface area contributed by atoms with E-state index in [2.05, 4.69) is 12.6 Å². The summed E-state index contributed by atoms with van der Waals surface area (Å²) < 4.78 is 4.85. The summed E-state index contributed by atoms with van der Waals surface area (Å²) in [6, 6.07) is 0. The van der Waals surface area contributed by atoms with E-state index in [-0.39, 0.29) is 19.0 Å². The predicted molar refractivity (Wildman–Crippen MR) is 59.2 cm³/mol. The number of hydrogen-bond donors (Lipinski definition) is 1. The monoisotopic (exact) mass is 246 g/mol. The molecule has 1 aliphatic heterocycles. The van der Waals surface area contributed by atoms with Crippen LogP contribution < -0.4 is 0 Å². The molecule has 0 N–H and O–H groups in total. The molecular weight excluding hydrogens is 232 g/mol. The number of imide groups is 1. The molecule has 1 saturated heterocycles. The maximum Gasteiger partial charge on any atom is 0.285 e. The minimum Gasteiger partial charge on any atom is -0.385 e. The van der Waals surface area contributed by atoms with Crippen LogP contribution in [0.5, 0.6) is 0 Å². The molecule has 6 nitrogen and oxygen atoms in total. The Kier molecular flexibility index (Phi) is 4.75. The van der Waals surface area contributed by atoms with Gasteiger partial charge in [0.05, 0.1) is 0 Å². The van der Waals surface area contributed by atoms with Gasteiger partial charge >= 0.3 is 0 Å². The van der Waals surface area contributed by atoms with Crippen molar-refractivity contribution < 1.29 is 19.1 Å². The molecule has 7 heteroatoms. The number of thiol groups is 1. The Morgan fingerprint density at radius 1 is 1.38 bits per heavy atom. The third-order valence-electron chi connectivity index (χ3n) is 2.28. The smallest absolute Gasteiger partial charge is 0.285 e. The summed E-state index contributed by atoms with van der Waals surface area (Å²) in [6.45, 7) is 0.725. The summed E-state index contributed by atoms with van der Waals surface area (Å²) in [5.74, 6) is -0.630. The largest absolute Gasteiger partial charge is 0.385 e. The van der Waals surface area contributed by atoms with Gasteiger partial charge in [0.15, 0.2) is 0 Å². The zero-order valence-corrected chi connectivity index (χ0v) is 9.90. The van der Waals surface area contributed by atoms with Gasteiger partial charge in [-0.2, -0.15) is 0 Å². The van der Waals surface area contributed by atoms with Gasteiger partial charge in [-0.25, -0.2) is 0 Å². The van der Waals surface area contributed by atoms with Crippen LogP contribution in [0, 0.1) is 0 Å². The first kappa shape index (κ1) is 13.0. The molecule has 1 fully saturated rings. The second kappa shape index (κ2) is 5.86. The first-order chi connectivity index (χ1) is 7.56. The van der Waals surface area contributed by atoms with E-state index in [1.807, 2.05) is 0 Å². The van der Waals surface area contributed by atoms with Gasteiger partial charge in [-0.05, 0) is 6.42 Å². The molecule has 1 heterocycles. The maximum atomic E-state index is 11.6. The fourth-order valence-corrected chi connectivity index (χ4v) is 1.62. The highest BCUT2D eigenvalue weighted by Crippen LogP contribution is 2.08. The van der Waals surface area contributed by atoms with Gasteiger partial charge in [-0.3, -0.25) is 19.3 Å². The van der Waals surface area contributed by atoms with Crippen molar-refractivity contribution in [1.82, 2.24) is 9.80 Å². The molecule has 0 saturated carbocycles. The Morgan fingerprint density at radius 3 is 2.62 bits per heavy atom. The van der Waals surface area contributed by atoms with Crippen LogP contribution in [0.3, 0.4) is 0 Å². The summed E-state index contributed by atoms with van der Waals surface area (Å²) in [4.78, 5) is 36.2. The molecule has 1 rings (SSSR count). The number of amides is 3. The van der Waals surface area contributed by atoms with Gasteiger partial charge in [0.25, 0.3) is 5.24 Å². The molecule has 0 bridgehead atoms. The average molecular weight is 246 g/mol. The molecule has 0 radical (unpaired) electrons. The van der Waals surface area contributed by atoms with Crippen LogP contribution in [0.15, 0.2) is 0 Å². The summed E-state index contributed by atoms with van der Waals surface area (Å²) >= 11 is 3.53. The third-order valence-corrected chi connectivity index (χ3v) is 2.52. The number of nitrogens with zero attached hydrogens (tertiary/aromatic N) is 2. The number of hydrogen-bond acceptors (Lipinski definition) is 4. The van der Waals surface area contributed by atoms with Crippen molar-refractivity contribution in [2.75, 3.05) is 33.4 Å². The van der Waals surface area contributed by atoms with Crippen molar-refractivity contribution in [2.24, 2.45) is 0 Å². The van der Waals surface area contributed by atoms with E-state index in [0.29, 0.717) is 19.6 Å². The topological polar surface area (TPSA) is 66.9 Å². The molecule has 0 aromatic heterocycles. The first-order valence-electron chi connectivity index (χ1n) is 4.86. The average Bonchev–Trinajstić information content (AvgIpc) is 2.22. The van der Waals surface area contributed by atoms with E-state index < -0.39 is 11.1 Å². The van der Waals surface area contributed by atoms with E-state index in [1.165, 1.54) is 4.90 Å². The van der Waals surface area contributed by atoms with E-state index in [4.69, 9.17) is 4.74 Å². The number of rotatable bonds is 4. The minimum absolute atomic E-state index is 0.0607. The predicted octanol–water partition coefficient (Wildman–Crippen LogP) is -0.257. The van der Waals surface area contributed by atoms with Crippen LogP contribution in [-0.4, -0.2) is 60.2 Å². The number of ether oxygens (including phenoxy) is 1. The Bertz CT molecular complexity index is 308. The van der Waals surface area contributed by atoms with Gasteiger partial charge in [0, 0.05) is 20.3 Å². The number of carbonyl (C=O) groups excluding carboxylic acids is 3. The first-order valence-corrected chi connectivity index (χ1v) is 5.31. The van der Waals surface area contributed by atoms with Gasteiger partial charge < -0.3 is 9.64 Å². The second-order valence-corrected chi connectivity index (χ2v) is 3.81. The molecule has 0 aliphatic carbocycles. The van der Waals surface area contributed by atoms with E-state index >= 15 is 0 Å². The summed E-state index contributed by atoms with van der Waals surface area (Å²) in [6.07, 6.45) is 0.671. The van der Waals surface area contributed by atoms with Crippen LogP contribution in [0.4, 0.5) is 4.79 Å². The Morgan fingerprint density at radius 2 is 2.06 bits per heavy atom. The lowest BCUT2D eigenvalue weighted by molar-refractivity contribution is -0.147. The standard InChI is InChI=1S/C9H14N2O4S/c1-15-4-2-3-10-5-8(13)11(9(14)16)6-7(10)12/h2-6H2,1H3,(H,14,16). The van der Waals surface area contributed by atoms with Crippen molar-refractivity contribution in [3.63, 3.8) is 0 Å². The molecule has 0 unspecified atom stereocenters. The molecule has 3 amide bonds. The third kappa shape index (κ3) is 3.21. The van der Waals surface area contributed by atoms with Crippen molar-refractivity contribution >= 4 is 29.7 Å². The van der Waals surface area contributed by atoms with E-state index in [0.717, 1.165) is 4.90 Å². The summed E-state index contributed by atoms with van der Waals surface area (Å²) in [5.41, 5.74) is 0. The Labute approximate surface area is 98.9 Å². The van der Waals surface area contributed by atoms with Crippen molar-refractivity contribution in [3.05, 3.63) is 0 Å². The molecule has 0 spiro atoms. The fourth-order valence-electron chi connectivity index (χ4n) is 1.44. The molecular formula is C9H14N2O4S. The zero-order chi connectivity index (χ0) is 12.1. The lowest BCUT2D eigenvalue weighted by atomic mass is 10.3. The van der Waals surface area contributed by atoms with E-state index in [9.17, 15) is 14.4 Å². The highest BCUT2D eigenvalue weighted by molar-refractivity contribution is 7.96. The molecule has 0 atom stereocenters. The van der Waals surface area contributed by atoms with Crippen molar-refractivity contribution in [3.8, 4) is 0 Å². The van der Waals surface area contributed by atoms with Crippen molar-refractivity contribution in [2.45, 2.75) is 6.42 Å². The van der Waals surface area contributed by atoms with Gasteiger partial charge in [-0.1, -0.05) is 12.6 Å². The SMILES string of the molecule is COCCCN1CC(=O)N(C(=O)S)CC1=O. The minimum atomic E-state index is -0.685. The van der Waals surface area contributed by atoms with Crippen LogP contribution in [0.1, 0.15) is 6.42 Å². The second-order valence-electron chi connectivity index (χ2n) is 3.42. The van der Waals surface area contributed by atoms with E-state index in [1.54, 1.807) is 7.11 Å². The molecule has 1 aliphatic rings. The van der Waals surface area contributed by atoms with Crippen LogP contribution in [0.25, 0.3) is 0 Å². The van der Waals surface area contributed by atoms with Crippen LogP contribution >= 0.6 is 12.6 Å². The molecule has 0 aromatic carbocycles. The molecule has 16 heavy (non-hydrogen) atoms. The van der Waals surface area contributed by atoms with Crippen LogP contribution in [0.2, 0.25) is 0 Å². The number of methoxy groups -OCH3 is 1. The lowest BCUT2D eigenvalue weighted by Gasteiger charge is -2.31. The highest BCUT2D eigenvalue weighted by atomic mass is 32.1. The summed E-state index contributed by atoms with van der Waals surface area (Å²) in [5, 5.41) is -0.685. The van der Waals surface area contributed by atoms with Gasteiger partial charge in [0.2, 0.25) is 11.8 Å². The number of carbonyl (C=O) groups is 3. The highest BCUT2D eigenvalue weighted by Gasteiger charge is 2.31.